The number of rotatable bonds is 6. The minimum absolute atomic E-state index is 0.210. The van der Waals surface area contributed by atoms with Crippen LogP contribution in [0.25, 0.3) is 10.9 Å². The Morgan fingerprint density at radius 1 is 1.26 bits per heavy atom. The highest BCUT2D eigenvalue weighted by molar-refractivity contribution is 5.81. The number of hydrogen-bond donors (Lipinski definition) is 0. The van der Waals surface area contributed by atoms with E-state index in [0.29, 0.717) is 6.73 Å². The Morgan fingerprint density at radius 2 is 2.11 bits per heavy atom. The first-order chi connectivity index (χ1) is 9.22. The van der Waals surface area contributed by atoms with Gasteiger partial charge >= 0.3 is 0 Å². The minimum atomic E-state index is 0.210. The van der Waals surface area contributed by atoms with Gasteiger partial charge in [0.1, 0.15) is 12.5 Å². The van der Waals surface area contributed by atoms with E-state index >= 15 is 0 Å². The van der Waals surface area contributed by atoms with Crippen molar-refractivity contribution in [2.75, 3.05) is 6.61 Å². The molecule has 0 bridgehead atoms. The first kappa shape index (κ1) is 12.5. The van der Waals surface area contributed by atoms with Crippen molar-refractivity contribution < 1.29 is 9.47 Å². The average Bonchev–Trinajstić information content (AvgIpc) is 3.10. The van der Waals surface area contributed by atoms with E-state index in [1.54, 1.807) is 0 Å². The van der Waals surface area contributed by atoms with Crippen LogP contribution in [0.2, 0.25) is 0 Å². The monoisotopic (exact) mass is 259 g/mol. The van der Waals surface area contributed by atoms with Crippen LogP contribution in [0.3, 0.4) is 0 Å². The molecule has 102 valence electrons. The van der Waals surface area contributed by atoms with E-state index in [2.05, 4.69) is 29.0 Å². The summed E-state index contributed by atoms with van der Waals surface area (Å²) in [6.45, 7) is 5.63. The maximum atomic E-state index is 5.74. The van der Waals surface area contributed by atoms with Crippen molar-refractivity contribution in [3.8, 4) is 5.75 Å². The second kappa shape index (κ2) is 5.25. The quantitative estimate of drug-likeness (QED) is 0.787. The Hall–Kier alpha value is -1.48. The van der Waals surface area contributed by atoms with E-state index in [-0.39, 0.29) is 6.10 Å². The molecule has 0 atom stereocenters. The van der Waals surface area contributed by atoms with Gasteiger partial charge < -0.3 is 14.0 Å². The van der Waals surface area contributed by atoms with E-state index in [9.17, 15) is 0 Å². The summed E-state index contributed by atoms with van der Waals surface area (Å²) in [7, 11) is 0. The fourth-order valence-corrected chi connectivity index (χ4v) is 2.24. The van der Waals surface area contributed by atoms with Crippen molar-refractivity contribution in [3.63, 3.8) is 0 Å². The van der Waals surface area contributed by atoms with Gasteiger partial charge in [0.25, 0.3) is 0 Å². The smallest absolute Gasteiger partial charge is 0.122 e. The zero-order valence-electron chi connectivity index (χ0n) is 11.6. The number of aromatic nitrogens is 1. The van der Waals surface area contributed by atoms with Gasteiger partial charge in [-0.15, -0.1) is 0 Å². The fourth-order valence-electron chi connectivity index (χ4n) is 2.24. The standard InChI is InChI=1S/C16H21NO2/c1-12(2)19-15-5-6-16-14(9-15)7-8-17(16)11-18-10-13-3-4-13/h5-9,12-13H,3-4,10-11H2,1-2H3. The van der Waals surface area contributed by atoms with Gasteiger partial charge in [-0.05, 0) is 56.9 Å². The normalized spacial score (nSPS) is 15.3. The van der Waals surface area contributed by atoms with Crippen molar-refractivity contribution in [2.45, 2.75) is 39.5 Å². The van der Waals surface area contributed by atoms with Crippen molar-refractivity contribution >= 4 is 10.9 Å². The summed E-state index contributed by atoms with van der Waals surface area (Å²) in [6.07, 6.45) is 4.96. The summed E-state index contributed by atoms with van der Waals surface area (Å²) in [5, 5.41) is 1.20. The van der Waals surface area contributed by atoms with Crippen LogP contribution in [-0.4, -0.2) is 17.3 Å². The van der Waals surface area contributed by atoms with Crippen LogP contribution in [0.15, 0.2) is 30.5 Å². The Kier molecular flexibility index (Phi) is 3.47. The average molecular weight is 259 g/mol. The zero-order chi connectivity index (χ0) is 13.2. The molecule has 19 heavy (non-hydrogen) atoms. The Morgan fingerprint density at radius 3 is 2.84 bits per heavy atom. The molecule has 3 heteroatoms. The lowest BCUT2D eigenvalue weighted by Gasteiger charge is -2.10. The van der Waals surface area contributed by atoms with Crippen LogP contribution < -0.4 is 4.74 Å². The summed E-state index contributed by atoms with van der Waals surface area (Å²) in [6, 6.07) is 8.34. The lowest BCUT2D eigenvalue weighted by atomic mass is 10.2. The molecule has 1 aliphatic rings. The minimum Gasteiger partial charge on any atom is -0.491 e. The first-order valence-corrected chi connectivity index (χ1v) is 7.05. The molecule has 0 N–H and O–H groups in total. The molecule has 0 amide bonds. The third-order valence-electron chi connectivity index (χ3n) is 3.40. The summed E-state index contributed by atoms with van der Waals surface area (Å²) in [5.74, 6) is 1.74. The molecule has 1 aromatic carbocycles. The van der Waals surface area contributed by atoms with E-state index in [1.165, 1.54) is 23.7 Å². The maximum Gasteiger partial charge on any atom is 0.122 e. The fraction of sp³-hybridized carbons (Fsp3) is 0.500. The number of fused-ring (bicyclic) bond motifs is 1. The molecule has 0 spiro atoms. The van der Waals surface area contributed by atoms with Gasteiger partial charge in [-0.25, -0.2) is 0 Å². The maximum absolute atomic E-state index is 5.74. The largest absolute Gasteiger partial charge is 0.491 e. The van der Waals surface area contributed by atoms with Crippen molar-refractivity contribution in [1.29, 1.82) is 0 Å². The second-order valence-corrected chi connectivity index (χ2v) is 5.62. The molecule has 1 heterocycles. The zero-order valence-corrected chi connectivity index (χ0v) is 11.6. The number of hydrogen-bond acceptors (Lipinski definition) is 2. The number of nitrogens with zero attached hydrogens (tertiary/aromatic N) is 1. The topological polar surface area (TPSA) is 23.4 Å². The Labute approximate surface area is 114 Å². The Balaban J connectivity index is 1.70. The van der Waals surface area contributed by atoms with Crippen LogP contribution in [-0.2, 0) is 11.5 Å². The summed E-state index contributed by atoms with van der Waals surface area (Å²) in [4.78, 5) is 0. The van der Waals surface area contributed by atoms with Gasteiger partial charge in [-0.1, -0.05) is 0 Å². The first-order valence-electron chi connectivity index (χ1n) is 7.05. The predicted molar refractivity (Wildman–Crippen MR) is 76.4 cm³/mol. The molecule has 1 saturated carbocycles. The van der Waals surface area contributed by atoms with Crippen LogP contribution in [0, 0.1) is 5.92 Å². The molecule has 3 nitrogen and oxygen atoms in total. The van der Waals surface area contributed by atoms with Gasteiger partial charge in [-0.2, -0.15) is 0 Å². The third-order valence-corrected chi connectivity index (χ3v) is 3.40. The van der Waals surface area contributed by atoms with Gasteiger partial charge in [0, 0.05) is 11.6 Å². The van der Waals surface area contributed by atoms with Crippen molar-refractivity contribution in [1.82, 2.24) is 4.57 Å². The van der Waals surface area contributed by atoms with Gasteiger partial charge in [0.15, 0.2) is 0 Å². The Bertz CT molecular complexity index is 555. The van der Waals surface area contributed by atoms with E-state index in [0.717, 1.165) is 18.3 Å². The molecule has 1 aromatic heterocycles. The van der Waals surface area contributed by atoms with Crippen LogP contribution in [0.5, 0.6) is 5.75 Å². The molecule has 1 fully saturated rings. The molecule has 0 aliphatic heterocycles. The van der Waals surface area contributed by atoms with Gasteiger partial charge in [0.2, 0.25) is 0 Å². The number of ether oxygens (including phenoxy) is 2. The summed E-state index contributed by atoms with van der Waals surface area (Å²) >= 11 is 0. The molecular weight excluding hydrogens is 238 g/mol. The van der Waals surface area contributed by atoms with Crippen LogP contribution in [0.4, 0.5) is 0 Å². The van der Waals surface area contributed by atoms with Gasteiger partial charge in [-0.3, -0.25) is 0 Å². The molecule has 0 unspecified atom stereocenters. The predicted octanol–water partition coefficient (Wildman–Crippen LogP) is 3.81. The molecule has 1 aliphatic carbocycles. The molecule has 2 aromatic rings. The summed E-state index contributed by atoms with van der Waals surface area (Å²) in [5.41, 5.74) is 1.20. The number of benzene rings is 1. The van der Waals surface area contributed by atoms with Crippen molar-refractivity contribution in [2.24, 2.45) is 5.92 Å². The van der Waals surface area contributed by atoms with Crippen LogP contribution in [0.1, 0.15) is 26.7 Å². The third kappa shape index (κ3) is 3.10. The van der Waals surface area contributed by atoms with Crippen molar-refractivity contribution in [3.05, 3.63) is 30.5 Å². The van der Waals surface area contributed by atoms with Gasteiger partial charge in [0.05, 0.1) is 18.2 Å². The molecule has 0 radical (unpaired) electrons. The van der Waals surface area contributed by atoms with E-state index in [1.807, 2.05) is 19.9 Å². The van der Waals surface area contributed by atoms with Crippen LogP contribution >= 0.6 is 0 Å². The highest BCUT2D eigenvalue weighted by Crippen LogP contribution is 2.29. The van der Waals surface area contributed by atoms with E-state index < -0.39 is 0 Å². The molecule has 3 rings (SSSR count). The molecular formula is C16H21NO2. The highest BCUT2D eigenvalue weighted by atomic mass is 16.5. The second-order valence-electron chi connectivity index (χ2n) is 5.62. The SMILES string of the molecule is CC(C)Oc1ccc2c(ccn2COCC2CC2)c1. The highest BCUT2D eigenvalue weighted by Gasteiger charge is 2.21. The summed E-state index contributed by atoms with van der Waals surface area (Å²) < 4.78 is 13.6. The lowest BCUT2D eigenvalue weighted by Crippen LogP contribution is -2.05. The molecule has 0 saturated heterocycles. The van der Waals surface area contributed by atoms with E-state index in [4.69, 9.17) is 9.47 Å². The lowest BCUT2D eigenvalue weighted by molar-refractivity contribution is 0.0718.